The van der Waals surface area contributed by atoms with Gasteiger partial charge in [0.05, 0.1) is 0 Å². The van der Waals surface area contributed by atoms with Crippen LogP contribution in [0.15, 0.2) is 17.2 Å². The Morgan fingerprint density at radius 2 is 2.30 bits per heavy atom. The molecule has 2 N–H and O–H groups in total. The molecule has 3 rings (SSSR count). The van der Waals surface area contributed by atoms with Gasteiger partial charge in [0.2, 0.25) is 0 Å². The first-order valence-electron chi connectivity index (χ1n) is 6.69. The molecule has 0 radical (unpaired) electrons. The van der Waals surface area contributed by atoms with E-state index >= 15 is 0 Å². The van der Waals surface area contributed by atoms with Crippen molar-refractivity contribution in [1.82, 2.24) is 29.4 Å². The van der Waals surface area contributed by atoms with Crippen LogP contribution in [-0.2, 0) is 0 Å². The summed E-state index contributed by atoms with van der Waals surface area (Å²) in [5, 5.41) is 9.64. The normalized spacial score (nSPS) is 21.4. The zero-order valence-corrected chi connectivity index (χ0v) is 11.7. The summed E-state index contributed by atoms with van der Waals surface area (Å²) >= 11 is 0. The fourth-order valence-electron chi connectivity index (χ4n) is 2.45. The van der Waals surface area contributed by atoms with Gasteiger partial charge in [-0.15, -0.1) is 0 Å². The number of hydrogen-bond donors (Lipinski definition) is 2. The van der Waals surface area contributed by atoms with E-state index in [-0.39, 0.29) is 5.69 Å². The van der Waals surface area contributed by atoms with E-state index in [4.69, 9.17) is 0 Å². The van der Waals surface area contributed by atoms with Gasteiger partial charge < -0.3 is 10.2 Å². The van der Waals surface area contributed by atoms with Crippen molar-refractivity contribution < 1.29 is 0 Å². The number of fused-ring (bicyclic) bond motifs is 1. The van der Waals surface area contributed by atoms with Gasteiger partial charge in [0, 0.05) is 38.3 Å². The van der Waals surface area contributed by atoms with Gasteiger partial charge in [-0.1, -0.05) is 0 Å². The van der Waals surface area contributed by atoms with Crippen molar-refractivity contribution in [3.63, 3.8) is 0 Å². The third kappa shape index (κ3) is 2.52. The fourth-order valence-corrected chi connectivity index (χ4v) is 2.45. The van der Waals surface area contributed by atoms with E-state index < -0.39 is 0 Å². The first-order valence-corrected chi connectivity index (χ1v) is 6.69. The number of aromatic nitrogens is 4. The molecule has 1 saturated heterocycles. The maximum absolute atomic E-state index is 11.3. The summed E-state index contributed by atoms with van der Waals surface area (Å²) in [6.07, 6.45) is 1.49. The Kier molecular flexibility index (Phi) is 3.41. The van der Waals surface area contributed by atoms with E-state index in [1.54, 1.807) is 6.07 Å². The smallest absolute Gasteiger partial charge is 0.348 e. The summed E-state index contributed by atoms with van der Waals surface area (Å²) in [6, 6.07) is 2.22. The second-order valence-electron chi connectivity index (χ2n) is 5.31. The zero-order chi connectivity index (χ0) is 14.1. The molecule has 2 aromatic heterocycles. The topological polar surface area (TPSA) is 81.6 Å². The summed E-state index contributed by atoms with van der Waals surface area (Å²) in [6.45, 7) is 4.03. The van der Waals surface area contributed by atoms with Gasteiger partial charge >= 0.3 is 5.69 Å². The van der Waals surface area contributed by atoms with E-state index in [9.17, 15) is 4.79 Å². The molecular weight excluding hydrogens is 258 g/mol. The number of rotatable bonds is 3. The number of aromatic amines is 1. The minimum Gasteiger partial charge on any atom is -0.368 e. The van der Waals surface area contributed by atoms with Crippen molar-refractivity contribution in [2.45, 2.75) is 6.04 Å². The largest absolute Gasteiger partial charge is 0.368 e. The van der Waals surface area contributed by atoms with Crippen molar-refractivity contribution in [3.05, 3.63) is 22.9 Å². The maximum atomic E-state index is 11.3. The van der Waals surface area contributed by atoms with Gasteiger partial charge in [-0.2, -0.15) is 5.10 Å². The Bertz CT molecular complexity index is 649. The quantitative estimate of drug-likeness (QED) is 0.755. The number of nitrogens with zero attached hydrogens (tertiary/aromatic N) is 5. The third-order valence-electron chi connectivity index (χ3n) is 3.81. The highest BCUT2D eigenvalue weighted by molar-refractivity contribution is 5.48. The SMILES string of the molecule is CN1CCN(C)C(CNc2cc3n[nH]c(=O)n3cn2)C1. The molecule has 0 aliphatic carbocycles. The summed E-state index contributed by atoms with van der Waals surface area (Å²) in [5.41, 5.74) is 0.300. The lowest BCUT2D eigenvalue weighted by molar-refractivity contribution is 0.122. The molecule has 8 nitrogen and oxygen atoms in total. The number of H-pyrrole nitrogens is 1. The maximum Gasteiger partial charge on any atom is 0.348 e. The fraction of sp³-hybridized carbons (Fsp3) is 0.583. The van der Waals surface area contributed by atoms with Crippen LogP contribution in [0.4, 0.5) is 5.82 Å². The van der Waals surface area contributed by atoms with E-state index in [1.807, 2.05) is 0 Å². The Morgan fingerprint density at radius 1 is 1.45 bits per heavy atom. The van der Waals surface area contributed by atoms with Crippen LogP contribution in [0.25, 0.3) is 5.65 Å². The van der Waals surface area contributed by atoms with Crippen LogP contribution in [0.5, 0.6) is 0 Å². The van der Waals surface area contributed by atoms with Crippen LogP contribution in [0.2, 0.25) is 0 Å². The second-order valence-corrected chi connectivity index (χ2v) is 5.31. The predicted molar refractivity (Wildman–Crippen MR) is 76.0 cm³/mol. The number of likely N-dealkylation sites (N-methyl/N-ethyl adjacent to an activating group) is 2. The molecular formula is C12H19N7O. The lowest BCUT2D eigenvalue weighted by atomic mass is 10.2. The van der Waals surface area contributed by atoms with E-state index in [0.717, 1.165) is 32.0 Å². The Hall–Kier alpha value is -1.93. The minimum absolute atomic E-state index is 0.271. The van der Waals surface area contributed by atoms with E-state index in [1.165, 1.54) is 10.7 Å². The molecule has 8 heteroatoms. The van der Waals surface area contributed by atoms with E-state index in [0.29, 0.717) is 11.7 Å². The number of anilines is 1. The Balaban J connectivity index is 1.68. The molecule has 3 heterocycles. The van der Waals surface area contributed by atoms with Gasteiger partial charge in [-0.05, 0) is 14.1 Å². The molecule has 20 heavy (non-hydrogen) atoms. The first-order chi connectivity index (χ1) is 9.63. The van der Waals surface area contributed by atoms with Crippen LogP contribution in [0, 0.1) is 0 Å². The lowest BCUT2D eigenvalue weighted by Crippen LogP contribution is -2.52. The molecule has 2 aromatic rings. The number of hydrogen-bond acceptors (Lipinski definition) is 6. The van der Waals surface area contributed by atoms with Crippen LogP contribution in [0.1, 0.15) is 0 Å². The van der Waals surface area contributed by atoms with Crippen LogP contribution in [-0.4, -0.2) is 75.7 Å². The minimum atomic E-state index is -0.271. The molecule has 0 spiro atoms. The highest BCUT2D eigenvalue weighted by Crippen LogP contribution is 2.09. The van der Waals surface area contributed by atoms with Gasteiger partial charge in [0.25, 0.3) is 0 Å². The molecule has 1 fully saturated rings. The van der Waals surface area contributed by atoms with Crippen molar-refractivity contribution >= 4 is 11.5 Å². The monoisotopic (exact) mass is 277 g/mol. The third-order valence-corrected chi connectivity index (χ3v) is 3.81. The van der Waals surface area contributed by atoms with Crippen molar-refractivity contribution in [2.24, 2.45) is 0 Å². The molecule has 108 valence electrons. The van der Waals surface area contributed by atoms with Gasteiger partial charge in [0.1, 0.15) is 12.1 Å². The van der Waals surface area contributed by atoms with Gasteiger partial charge in [-0.25, -0.2) is 19.3 Å². The average Bonchev–Trinajstić information content (AvgIpc) is 2.81. The molecule has 1 aliphatic rings. The molecule has 0 aromatic carbocycles. The summed E-state index contributed by atoms with van der Waals surface area (Å²) in [7, 11) is 4.28. The average molecular weight is 277 g/mol. The van der Waals surface area contributed by atoms with Crippen molar-refractivity contribution in [3.8, 4) is 0 Å². The zero-order valence-electron chi connectivity index (χ0n) is 11.7. The first kappa shape index (κ1) is 13.1. The van der Waals surface area contributed by atoms with Crippen LogP contribution in [0.3, 0.4) is 0 Å². The van der Waals surface area contributed by atoms with Crippen LogP contribution < -0.4 is 11.0 Å². The Labute approximate surface area is 116 Å². The molecule has 1 aliphatic heterocycles. The van der Waals surface area contributed by atoms with Gasteiger partial charge in [-0.3, -0.25) is 4.90 Å². The van der Waals surface area contributed by atoms with Gasteiger partial charge in [0.15, 0.2) is 5.65 Å². The standard InChI is InChI=1S/C12H19N7O/c1-17-3-4-18(2)9(7-17)6-13-10-5-11-15-16-12(20)19(11)8-14-10/h5,8-9,13H,3-4,6-7H2,1-2H3,(H,16,20). The Morgan fingerprint density at radius 3 is 3.15 bits per heavy atom. The van der Waals surface area contributed by atoms with Crippen molar-refractivity contribution in [2.75, 3.05) is 45.6 Å². The molecule has 1 atom stereocenters. The highest BCUT2D eigenvalue weighted by Gasteiger charge is 2.21. The highest BCUT2D eigenvalue weighted by atomic mass is 16.1. The van der Waals surface area contributed by atoms with Crippen molar-refractivity contribution in [1.29, 1.82) is 0 Å². The molecule has 0 saturated carbocycles. The summed E-state index contributed by atoms with van der Waals surface area (Å²) in [5.74, 6) is 0.734. The molecule has 1 unspecified atom stereocenters. The number of piperazine rings is 1. The summed E-state index contributed by atoms with van der Waals surface area (Å²) in [4.78, 5) is 20.3. The van der Waals surface area contributed by atoms with E-state index in [2.05, 4.69) is 44.4 Å². The number of nitrogens with one attached hydrogen (secondary N) is 2. The molecule has 0 bridgehead atoms. The summed E-state index contributed by atoms with van der Waals surface area (Å²) < 4.78 is 1.38. The van der Waals surface area contributed by atoms with Crippen LogP contribution >= 0.6 is 0 Å². The predicted octanol–water partition coefficient (Wildman–Crippen LogP) is -0.925. The second kappa shape index (κ2) is 5.22. The molecule has 0 amide bonds. The lowest BCUT2D eigenvalue weighted by Gasteiger charge is -2.37.